The fourth-order valence-electron chi connectivity index (χ4n) is 4.74. The van der Waals surface area contributed by atoms with Crippen molar-refractivity contribution in [2.45, 2.75) is 51.1 Å². The molecule has 3 aromatic heterocycles. The van der Waals surface area contributed by atoms with E-state index in [1.807, 2.05) is 24.4 Å². The van der Waals surface area contributed by atoms with Crippen molar-refractivity contribution in [3.8, 4) is 0 Å². The molecule has 0 unspecified atom stereocenters. The Kier molecular flexibility index (Phi) is 5.05. The smallest absolute Gasteiger partial charge is 0.272 e. The van der Waals surface area contributed by atoms with E-state index in [0.717, 1.165) is 36.8 Å². The van der Waals surface area contributed by atoms with Crippen molar-refractivity contribution in [1.82, 2.24) is 24.6 Å². The zero-order valence-electron chi connectivity index (χ0n) is 17.3. The number of imidazole rings is 1. The first kappa shape index (κ1) is 19.5. The number of nitrogens with zero attached hydrogens (tertiary/aromatic N) is 3. The maximum Gasteiger partial charge on any atom is 0.272 e. The molecule has 8 nitrogen and oxygen atoms in total. The lowest BCUT2D eigenvalue weighted by atomic mass is 9.93. The highest BCUT2D eigenvalue weighted by atomic mass is 16.2. The van der Waals surface area contributed by atoms with Gasteiger partial charge in [-0.2, -0.15) is 0 Å². The first-order valence-corrected chi connectivity index (χ1v) is 10.9. The molecule has 1 fully saturated rings. The van der Waals surface area contributed by atoms with Crippen molar-refractivity contribution in [3.63, 3.8) is 0 Å². The summed E-state index contributed by atoms with van der Waals surface area (Å²) in [6, 6.07) is 5.72. The third-order valence-corrected chi connectivity index (χ3v) is 6.38. The number of aromatic nitrogens is 3. The number of rotatable bonds is 3. The van der Waals surface area contributed by atoms with Gasteiger partial charge in [0.05, 0.1) is 6.20 Å². The summed E-state index contributed by atoms with van der Waals surface area (Å²) in [5.41, 5.74) is 2.60. The van der Waals surface area contributed by atoms with E-state index < -0.39 is 0 Å². The molecule has 0 bridgehead atoms. The fourth-order valence-corrected chi connectivity index (χ4v) is 4.74. The summed E-state index contributed by atoms with van der Waals surface area (Å²) >= 11 is 0. The van der Waals surface area contributed by atoms with E-state index in [4.69, 9.17) is 0 Å². The number of hydrogen-bond acceptors (Lipinski definition) is 4. The summed E-state index contributed by atoms with van der Waals surface area (Å²) in [6.07, 6.45) is 10.8. The van der Waals surface area contributed by atoms with Gasteiger partial charge in [0.2, 0.25) is 0 Å². The van der Waals surface area contributed by atoms with Gasteiger partial charge in [0.15, 0.2) is 0 Å². The molecule has 0 atom stereocenters. The third kappa shape index (κ3) is 3.62. The predicted molar refractivity (Wildman–Crippen MR) is 115 cm³/mol. The zero-order chi connectivity index (χ0) is 21.4. The van der Waals surface area contributed by atoms with Gasteiger partial charge in [-0.15, -0.1) is 0 Å². The molecule has 0 radical (unpaired) electrons. The van der Waals surface area contributed by atoms with Crippen LogP contribution in [-0.4, -0.2) is 43.7 Å². The van der Waals surface area contributed by atoms with Crippen molar-refractivity contribution in [2.75, 3.05) is 6.54 Å². The van der Waals surface area contributed by atoms with E-state index in [9.17, 15) is 14.4 Å². The van der Waals surface area contributed by atoms with Crippen LogP contribution in [0.5, 0.6) is 0 Å². The SMILES string of the molecule is O=C(NC1CCCCC1)c1c2c(c[nH]c1=O)CN(C(=O)c1cnc3ccccn13)CC2. The Hall–Kier alpha value is -3.42. The summed E-state index contributed by atoms with van der Waals surface area (Å²) in [4.78, 5) is 47.3. The monoisotopic (exact) mass is 419 g/mol. The van der Waals surface area contributed by atoms with Crippen LogP contribution < -0.4 is 10.9 Å². The minimum Gasteiger partial charge on any atom is -0.349 e. The molecule has 0 saturated heterocycles. The molecule has 0 aromatic carbocycles. The highest BCUT2D eigenvalue weighted by Gasteiger charge is 2.29. The van der Waals surface area contributed by atoms with Gasteiger partial charge in [-0.25, -0.2) is 4.98 Å². The minimum absolute atomic E-state index is 0.122. The molecule has 1 saturated carbocycles. The molecule has 2 aliphatic rings. The van der Waals surface area contributed by atoms with Gasteiger partial charge in [0.1, 0.15) is 16.9 Å². The van der Waals surface area contributed by atoms with E-state index in [1.54, 1.807) is 21.7 Å². The molecule has 3 aromatic rings. The van der Waals surface area contributed by atoms with Crippen LogP contribution in [0.15, 0.2) is 41.6 Å². The lowest BCUT2D eigenvalue weighted by Gasteiger charge is -2.30. The van der Waals surface area contributed by atoms with Crippen LogP contribution in [0.1, 0.15) is 64.1 Å². The van der Waals surface area contributed by atoms with E-state index in [1.165, 1.54) is 6.42 Å². The second-order valence-corrected chi connectivity index (χ2v) is 8.35. The van der Waals surface area contributed by atoms with E-state index >= 15 is 0 Å². The number of nitrogens with one attached hydrogen (secondary N) is 2. The van der Waals surface area contributed by atoms with Crippen molar-refractivity contribution in [3.05, 3.63) is 69.5 Å². The van der Waals surface area contributed by atoms with Gasteiger partial charge >= 0.3 is 0 Å². The zero-order valence-corrected chi connectivity index (χ0v) is 17.3. The van der Waals surface area contributed by atoms with E-state index in [2.05, 4.69) is 15.3 Å². The summed E-state index contributed by atoms with van der Waals surface area (Å²) in [5.74, 6) is -0.421. The summed E-state index contributed by atoms with van der Waals surface area (Å²) in [6.45, 7) is 0.786. The second-order valence-electron chi connectivity index (χ2n) is 8.35. The Bertz CT molecular complexity index is 1210. The highest BCUT2D eigenvalue weighted by molar-refractivity contribution is 5.96. The van der Waals surface area contributed by atoms with Crippen LogP contribution in [0, 0.1) is 0 Å². The molecule has 5 rings (SSSR count). The molecular weight excluding hydrogens is 394 g/mol. The predicted octanol–water partition coefficient (Wildman–Crippen LogP) is 2.28. The maximum atomic E-state index is 13.1. The molecule has 160 valence electrons. The van der Waals surface area contributed by atoms with Crippen molar-refractivity contribution >= 4 is 17.5 Å². The van der Waals surface area contributed by atoms with Crippen LogP contribution in [0.2, 0.25) is 0 Å². The number of pyridine rings is 2. The Morgan fingerprint density at radius 2 is 2.00 bits per heavy atom. The second kappa shape index (κ2) is 8.02. The molecule has 1 aliphatic carbocycles. The highest BCUT2D eigenvalue weighted by Crippen LogP contribution is 2.23. The van der Waals surface area contributed by atoms with Gasteiger partial charge < -0.3 is 15.2 Å². The van der Waals surface area contributed by atoms with Crippen LogP contribution >= 0.6 is 0 Å². The van der Waals surface area contributed by atoms with Crippen molar-refractivity contribution in [1.29, 1.82) is 0 Å². The number of carbonyl (C=O) groups excluding carboxylic acids is 2. The largest absolute Gasteiger partial charge is 0.349 e. The lowest BCUT2D eigenvalue weighted by molar-refractivity contribution is 0.0727. The summed E-state index contributed by atoms with van der Waals surface area (Å²) < 4.78 is 1.77. The summed E-state index contributed by atoms with van der Waals surface area (Å²) in [7, 11) is 0. The molecule has 31 heavy (non-hydrogen) atoms. The van der Waals surface area contributed by atoms with Crippen LogP contribution in [0.25, 0.3) is 5.65 Å². The van der Waals surface area contributed by atoms with E-state index in [0.29, 0.717) is 30.9 Å². The number of fused-ring (bicyclic) bond motifs is 2. The third-order valence-electron chi connectivity index (χ3n) is 6.38. The Morgan fingerprint density at radius 1 is 1.16 bits per heavy atom. The number of hydrogen-bond donors (Lipinski definition) is 2. The molecule has 4 heterocycles. The molecule has 8 heteroatoms. The van der Waals surface area contributed by atoms with Crippen LogP contribution in [0.3, 0.4) is 0 Å². The molecular formula is C23H25N5O3. The van der Waals surface area contributed by atoms with Gasteiger partial charge in [-0.1, -0.05) is 25.3 Å². The number of H-pyrrole nitrogens is 1. The number of carbonyl (C=O) groups is 2. The average molecular weight is 419 g/mol. The van der Waals surface area contributed by atoms with Crippen LogP contribution in [0.4, 0.5) is 0 Å². The normalized spacial score (nSPS) is 16.8. The first-order chi connectivity index (χ1) is 15.1. The lowest BCUT2D eigenvalue weighted by Crippen LogP contribution is -2.42. The Balaban J connectivity index is 1.39. The topological polar surface area (TPSA) is 99.6 Å². The average Bonchev–Trinajstić information content (AvgIpc) is 3.23. The Labute approximate surface area is 179 Å². The number of aromatic amines is 1. The van der Waals surface area contributed by atoms with Gasteiger partial charge in [0.25, 0.3) is 17.4 Å². The van der Waals surface area contributed by atoms with Crippen molar-refractivity contribution < 1.29 is 9.59 Å². The maximum absolute atomic E-state index is 13.1. The minimum atomic E-state index is -0.367. The van der Waals surface area contributed by atoms with E-state index in [-0.39, 0.29) is 29.0 Å². The summed E-state index contributed by atoms with van der Waals surface area (Å²) in [5, 5.41) is 3.05. The van der Waals surface area contributed by atoms with Gasteiger partial charge in [-0.3, -0.25) is 18.8 Å². The molecule has 2 amide bonds. The van der Waals surface area contributed by atoms with Crippen molar-refractivity contribution in [2.24, 2.45) is 0 Å². The first-order valence-electron chi connectivity index (χ1n) is 10.9. The number of amides is 2. The molecule has 1 aliphatic heterocycles. The quantitative estimate of drug-likeness (QED) is 0.680. The molecule has 2 N–H and O–H groups in total. The molecule has 0 spiro atoms. The fraction of sp³-hybridized carbons (Fsp3) is 0.391. The van der Waals surface area contributed by atoms with Gasteiger partial charge in [-0.05, 0) is 42.5 Å². The standard InChI is InChI=1S/C23H25N5O3/c29-21-20(22(30)26-16-6-2-1-3-7-16)17-9-11-27(14-15(17)12-25-21)23(31)18-13-24-19-8-4-5-10-28(18)19/h4-5,8,10,12-13,16H,1-3,6-7,9,11,14H2,(H,25,29)(H,26,30). The Morgan fingerprint density at radius 3 is 2.84 bits per heavy atom. The van der Waals surface area contributed by atoms with Crippen LogP contribution in [-0.2, 0) is 13.0 Å². The van der Waals surface area contributed by atoms with Gasteiger partial charge in [0, 0.05) is 31.5 Å².